The van der Waals surface area contributed by atoms with E-state index in [1.54, 1.807) is 0 Å². The van der Waals surface area contributed by atoms with E-state index in [4.69, 9.17) is 5.11 Å². The Labute approximate surface area is 110 Å². The monoisotopic (exact) mass is 263 g/mol. The first-order chi connectivity index (χ1) is 9.06. The molecule has 1 aromatic rings. The molecule has 0 amide bonds. The van der Waals surface area contributed by atoms with Crippen LogP contribution >= 0.6 is 0 Å². The molecule has 0 saturated heterocycles. The van der Waals surface area contributed by atoms with Crippen molar-refractivity contribution < 1.29 is 9.90 Å². The van der Waals surface area contributed by atoms with Gasteiger partial charge in [0.2, 0.25) is 0 Å². The second kappa shape index (κ2) is 4.36. The van der Waals surface area contributed by atoms with Crippen LogP contribution in [0.1, 0.15) is 50.3 Å². The maximum Gasteiger partial charge on any atom is 0.305 e. The van der Waals surface area contributed by atoms with Gasteiger partial charge in [0.05, 0.1) is 6.42 Å². The summed E-state index contributed by atoms with van der Waals surface area (Å²) in [5.41, 5.74) is -0.600. The largest absolute Gasteiger partial charge is 0.481 e. The fourth-order valence-electron chi connectivity index (χ4n) is 2.60. The standard InChI is InChI=1S/C13H17N3O3/c17-10-6-9(14-12(15-10)8-2-3-8)16-13(4-1-5-13)7-11(18)19/h6,8H,1-5,7H2,(H,18,19)(H2,14,15,16,17). The topological polar surface area (TPSA) is 95.1 Å². The zero-order valence-corrected chi connectivity index (χ0v) is 10.6. The molecule has 0 bridgehead atoms. The molecule has 0 atom stereocenters. The average Bonchev–Trinajstić information content (AvgIpc) is 3.08. The van der Waals surface area contributed by atoms with Crippen LogP contribution in [0.5, 0.6) is 0 Å². The van der Waals surface area contributed by atoms with Gasteiger partial charge in [-0.25, -0.2) is 4.98 Å². The third-order valence-electron chi connectivity index (χ3n) is 3.92. The van der Waals surface area contributed by atoms with Gasteiger partial charge < -0.3 is 15.4 Å². The van der Waals surface area contributed by atoms with Crippen LogP contribution in [-0.4, -0.2) is 26.6 Å². The number of nitrogens with one attached hydrogen (secondary N) is 2. The van der Waals surface area contributed by atoms with E-state index in [-0.39, 0.29) is 12.0 Å². The van der Waals surface area contributed by atoms with E-state index in [1.165, 1.54) is 6.07 Å². The highest BCUT2D eigenvalue weighted by Gasteiger charge is 2.39. The first kappa shape index (κ1) is 12.2. The third kappa shape index (κ3) is 2.62. The molecule has 3 N–H and O–H groups in total. The minimum atomic E-state index is -0.820. The van der Waals surface area contributed by atoms with E-state index in [0.717, 1.165) is 37.9 Å². The summed E-state index contributed by atoms with van der Waals surface area (Å²) in [4.78, 5) is 29.7. The van der Waals surface area contributed by atoms with Crippen LogP contribution in [0.25, 0.3) is 0 Å². The van der Waals surface area contributed by atoms with Crippen molar-refractivity contribution in [3.63, 3.8) is 0 Å². The number of hydrogen-bond acceptors (Lipinski definition) is 4. The molecule has 2 saturated carbocycles. The molecule has 102 valence electrons. The molecular formula is C13H17N3O3. The van der Waals surface area contributed by atoms with Crippen LogP contribution in [0.2, 0.25) is 0 Å². The lowest BCUT2D eigenvalue weighted by molar-refractivity contribution is -0.138. The number of hydrogen-bond donors (Lipinski definition) is 3. The number of rotatable bonds is 5. The Morgan fingerprint density at radius 3 is 2.79 bits per heavy atom. The van der Waals surface area contributed by atoms with Crippen LogP contribution in [-0.2, 0) is 4.79 Å². The van der Waals surface area contributed by atoms with E-state index in [2.05, 4.69) is 15.3 Å². The minimum Gasteiger partial charge on any atom is -0.481 e. The molecule has 6 heteroatoms. The Balaban J connectivity index is 1.81. The molecule has 6 nitrogen and oxygen atoms in total. The van der Waals surface area contributed by atoms with Gasteiger partial charge in [-0.3, -0.25) is 9.59 Å². The van der Waals surface area contributed by atoms with Gasteiger partial charge >= 0.3 is 5.97 Å². The fraction of sp³-hybridized carbons (Fsp3) is 0.615. The second-order valence-corrected chi connectivity index (χ2v) is 5.62. The molecule has 1 heterocycles. The molecule has 19 heavy (non-hydrogen) atoms. The van der Waals surface area contributed by atoms with Crippen molar-refractivity contribution in [2.45, 2.75) is 50.0 Å². The molecule has 2 aliphatic rings. The first-order valence-electron chi connectivity index (χ1n) is 6.68. The van der Waals surface area contributed by atoms with Crippen molar-refractivity contribution in [3.05, 3.63) is 22.2 Å². The third-order valence-corrected chi connectivity index (χ3v) is 3.92. The number of carboxylic acids is 1. The molecule has 0 unspecified atom stereocenters. The lowest BCUT2D eigenvalue weighted by atomic mass is 9.74. The number of aromatic amines is 1. The summed E-state index contributed by atoms with van der Waals surface area (Å²) < 4.78 is 0. The average molecular weight is 263 g/mol. The number of aliphatic carboxylic acids is 1. The van der Waals surface area contributed by atoms with Crippen molar-refractivity contribution in [3.8, 4) is 0 Å². The smallest absolute Gasteiger partial charge is 0.305 e. The van der Waals surface area contributed by atoms with Crippen LogP contribution in [0.15, 0.2) is 10.9 Å². The summed E-state index contributed by atoms with van der Waals surface area (Å²) in [6.45, 7) is 0. The minimum absolute atomic E-state index is 0.0697. The zero-order valence-electron chi connectivity index (χ0n) is 10.6. The molecule has 0 radical (unpaired) electrons. The van der Waals surface area contributed by atoms with Gasteiger partial charge in [0.25, 0.3) is 5.56 Å². The van der Waals surface area contributed by atoms with Crippen LogP contribution in [0, 0.1) is 0 Å². The number of anilines is 1. The fourth-order valence-corrected chi connectivity index (χ4v) is 2.60. The molecule has 2 aliphatic carbocycles. The molecule has 0 spiro atoms. The van der Waals surface area contributed by atoms with Gasteiger partial charge in [-0.2, -0.15) is 0 Å². The highest BCUT2D eigenvalue weighted by molar-refractivity contribution is 5.69. The van der Waals surface area contributed by atoms with Crippen molar-refractivity contribution in [1.29, 1.82) is 0 Å². The summed E-state index contributed by atoms with van der Waals surface area (Å²) >= 11 is 0. The van der Waals surface area contributed by atoms with Crippen LogP contribution in [0.4, 0.5) is 5.82 Å². The Morgan fingerprint density at radius 2 is 2.26 bits per heavy atom. The maximum absolute atomic E-state index is 11.6. The lowest BCUT2D eigenvalue weighted by Gasteiger charge is -2.41. The highest BCUT2D eigenvalue weighted by Crippen LogP contribution is 2.39. The normalized spacial score (nSPS) is 20.6. The number of aromatic nitrogens is 2. The molecule has 1 aromatic heterocycles. The van der Waals surface area contributed by atoms with E-state index >= 15 is 0 Å². The van der Waals surface area contributed by atoms with Gasteiger partial charge in [0.15, 0.2) is 0 Å². The summed E-state index contributed by atoms with van der Waals surface area (Å²) in [6.07, 6.45) is 4.83. The van der Waals surface area contributed by atoms with Crippen molar-refractivity contribution in [1.82, 2.24) is 9.97 Å². The quantitative estimate of drug-likeness (QED) is 0.747. The molecule has 3 rings (SSSR count). The zero-order chi connectivity index (χ0) is 13.5. The van der Waals surface area contributed by atoms with Gasteiger partial charge in [-0.1, -0.05) is 0 Å². The van der Waals surface area contributed by atoms with E-state index in [1.807, 2.05) is 0 Å². The Bertz CT molecular complexity index is 558. The number of nitrogens with zero attached hydrogens (tertiary/aromatic N) is 1. The van der Waals surface area contributed by atoms with Crippen molar-refractivity contribution >= 4 is 11.8 Å². The SMILES string of the molecule is O=C(O)CC1(Nc2cc(=O)[nH]c(C3CC3)n2)CCC1. The molecule has 0 aromatic carbocycles. The summed E-state index contributed by atoms with van der Waals surface area (Å²) in [6, 6.07) is 1.41. The summed E-state index contributed by atoms with van der Waals surface area (Å²) in [5.74, 6) is 0.775. The Hall–Kier alpha value is -1.85. The molecule has 0 aliphatic heterocycles. The number of H-pyrrole nitrogens is 1. The predicted molar refractivity (Wildman–Crippen MR) is 69.3 cm³/mol. The predicted octanol–water partition coefficient (Wildman–Crippen LogP) is 1.46. The Kier molecular flexibility index (Phi) is 2.80. The van der Waals surface area contributed by atoms with Gasteiger partial charge in [0.1, 0.15) is 11.6 Å². The van der Waals surface area contributed by atoms with Gasteiger partial charge in [-0.05, 0) is 32.1 Å². The molecular weight excluding hydrogens is 246 g/mol. The van der Waals surface area contributed by atoms with Crippen LogP contribution < -0.4 is 10.9 Å². The Morgan fingerprint density at radius 1 is 1.53 bits per heavy atom. The van der Waals surface area contributed by atoms with Crippen LogP contribution in [0.3, 0.4) is 0 Å². The second-order valence-electron chi connectivity index (χ2n) is 5.62. The van der Waals surface area contributed by atoms with Gasteiger partial charge in [0, 0.05) is 17.5 Å². The van der Waals surface area contributed by atoms with E-state index < -0.39 is 11.5 Å². The maximum atomic E-state index is 11.6. The summed E-state index contributed by atoms with van der Waals surface area (Å²) in [7, 11) is 0. The molecule has 2 fully saturated rings. The lowest BCUT2D eigenvalue weighted by Crippen LogP contribution is -2.47. The van der Waals surface area contributed by atoms with Gasteiger partial charge in [-0.15, -0.1) is 0 Å². The van der Waals surface area contributed by atoms with E-state index in [9.17, 15) is 9.59 Å². The van der Waals surface area contributed by atoms with Crippen molar-refractivity contribution in [2.75, 3.05) is 5.32 Å². The summed E-state index contributed by atoms with van der Waals surface area (Å²) in [5, 5.41) is 12.1. The first-order valence-corrected chi connectivity index (χ1v) is 6.68. The van der Waals surface area contributed by atoms with E-state index in [0.29, 0.717) is 11.7 Å². The number of carboxylic acid groups (broad SMARTS) is 1. The van der Waals surface area contributed by atoms with Crippen molar-refractivity contribution in [2.24, 2.45) is 0 Å². The highest BCUT2D eigenvalue weighted by atomic mass is 16.4. The number of carbonyl (C=O) groups is 1.